The summed E-state index contributed by atoms with van der Waals surface area (Å²) in [7, 11) is 1.95. The fourth-order valence-electron chi connectivity index (χ4n) is 2.41. The van der Waals surface area contributed by atoms with Crippen LogP contribution in [-0.4, -0.2) is 29.5 Å². The molecule has 0 saturated heterocycles. The largest absolute Gasteiger partial charge is 0.376 e. The van der Waals surface area contributed by atoms with Crippen molar-refractivity contribution in [2.75, 3.05) is 13.7 Å². The molecule has 2 unspecified atom stereocenters. The van der Waals surface area contributed by atoms with Crippen molar-refractivity contribution in [2.45, 2.75) is 58.7 Å². The molecule has 2 atom stereocenters. The average Bonchev–Trinajstić information content (AvgIpc) is 2.74. The minimum Gasteiger partial charge on any atom is -0.376 e. The Kier molecular flexibility index (Phi) is 7.42. The second-order valence-corrected chi connectivity index (χ2v) is 5.06. The highest BCUT2D eigenvalue weighted by Crippen LogP contribution is 2.28. The van der Waals surface area contributed by atoms with Crippen LogP contribution in [0.4, 0.5) is 0 Å². The monoisotopic (exact) mass is 287 g/mol. The van der Waals surface area contributed by atoms with Crippen LogP contribution in [-0.2, 0) is 11.3 Å². The van der Waals surface area contributed by atoms with E-state index >= 15 is 0 Å². The summed E-state index contributed by atoms with van der Waals surface area (Å²) in [5.41, 5.74) is 1.04. The Morgan fingerprint density at radius 3 is 2.63 bits per heavy atom. The predicted molar refractivity (Wildman–Crippen MR) is 79.7 cm³/mol. The maximum atomic E-state index is 6.32. The third kappa shape index (κ3) is 4.20. The molecule has 1 rings (SSSR count). The minimum atomic E-state index is 0.0847. The van der Waals surface area contributed by atoms with Gasteiger partial charge in [-0.2, -0.15) is 5.10 Å². The van der Waals surface area contributed by atoms with Gasteiger partial charge >= 0.3 is 0 Å². The number of hydrogen-bond acceptors (Lipinski definition) is 3. The lowest BCUT2D eigenvalue weighted by Gasteiger charge is -2.27. The number of hydrogen-bond donors (Lipinski definition) is 1. The van der Waals surface area contributed by atoms with Crippen LogP contribution >= 0.6 is 11.6 Å². The van der Waals surface area contributed by atoms with Crippen LogP contribution in [0.3, 0.4) is 0 Å². The highest BCUT2D eigenvalue weighted by atomic mass is 35.5. The fourth-order valence-corrected chi connectivity index (χ4v) is 2.67. The van der Waals surface area contributed by atoms with Gasteiger partial charge in [-0.25, -0.2) is 0 Å². The Labute approximate surface area is 121 Å². The summed E-state index contributed by atoms with van der Waals surface area (Å²) >= 11 is 6.32. The van der Waals surface area contributed by atoms with Crippen molar-refractivity contribution in [1.29, 1.82) is 0 Å². The van der Waals surface area contributed by atoms with Crippen LogP contribution in [0.5, 0.6) is 0 Å². The van der Waals surface area contributed by atoms with Gasteiger partial charge in [0, 0.05) is 13.2 Å². The molecule has 0 spiro atoms. The molecule has 0 aromatic carbocycles. The molecule has 5 heteroatoms. The van der Waals surface area contributed by atoms with Crippen LogP contribution in [0.15, 0.2) is 6.20 Å². The quantitative estimate of drug-likeness (QED) is 0.756. The van der Waals surface area contributed by atoms with Crippen molar-refractivity contribution in [2.24, 2.45) is 0 Å². The van der Waals surface area contributed by atoms with E-state index in [9.17, 15) is 0 Å². The number of likely N-dealkylation sites (N-methyl/N-ethyl adjacent to an activating group) is 1. The van der Waals surface area contributed by atoms with Crippen LogP contribution < -0.4 is 5.32 Å². The van der Waals surface area contributed by atoms with E-state index in [1.54, 1.807) is 6.20 Å². The molecule has 1 heterocycles. The topological polar surface area (TPSA) is 39.1 Å². The SMILES string of the molecule is CCCC(OCC)C(NC)c1c(Cl)cnn1CCC. The number of halogens is 1. The van der Waals surface area contributed by atoms with Crippen molar-refractivity contribution in [3.05, 3.63) is 16.9 Å². The third-order valence-electron chi connectivity index (χ3n) is 3.20. The lowest BCUT2D eigenvalue weighted by molar-refractivity contribution is 0.0273. The molecule has 4 nitrogen and oxygen atoms in total. The average molecular weight is 288 g/mol. The normalized spacial score (nSPS) is 14.6. The first-order chi connectivity index (χ1) is 9.19. The molecule has 0 amide bonds. The van der Waals surface area contributed by atoms with Crippen LogP contribution in [0, 0.1) is 0 Å². The summed E-state index contributed by atoms with van der Waals surface area (Å²) in [5.74, 6) is 0. The minimum absolute atomic E-state index is 0.0847. The first-order valence-corrected chi connectivity index (χ1v) is 7.57. The second kappa shape index (κ2) is 8.56. The lowest BCUT2D eigenvalue weighted by atomic mass is 10.0. The van der Waals surface area contributed by atoms with Crippen LogP contribution in [0.25, 0.3) is 0 Å². The van der Waals surface area contributed by atoms with Gasteiger partial charge in [0.15, 0.2) is 0 Å². The predicted octanol–water partition coefficient (Wildman–Crippen LogP) is 3.41. The maximum absolute atomic E-state index is 6.32. The van der Waals surface area contributed by atoms with Crippen molar-refractivity contribution in [3.8, 4) is 0 Å². The standard InChI is InChI=1S/C14H26ClN3O/c1-5-8-12(19-7-3)13(16-4)14-11(15)10-17-18(14)9-6-2/h10,12-13,16H,5-9H2,1-4H3. The van der Waals surface area contributed by atoms with Crippen molar-refractivity contribution >= 4 is 11.6 Å². The molecule has 0 fully saturated rings. The Balaban J connectivity index is 3.02. The van der Waals surface area contributed by atoms with Gasteiger partial charge in [-0.1, -0.05) is 31.9 Å². The lowest BCUT2D eigenvalue weighted by Crippen LogP contribution is -2.34. The first kappa shape index (κ1) is 16.5. The molecule has 0 aliphatic rings. The zero-order valence-corrected chi connectivity index (χ0v) is 13.2. The smallest absolute Gasteiger partial charge is 0.0835 e. The molecule has 0 radical (unpaired) electrons. The van der Waals surface area contributed by atoms with Gasteiger partial charge in [0.05, 0.1) is 29.1 Å². The van der Waals surface area contributed by atoms with Gasteiger partial charge in [0.25, 0.3) is 0 Å². The van der Waals surface area contributed by atoms with E-state index in [2.05, 4.69) is 24.3 Å². The highest BCUT2D eigenvalue weighted by Gasteiger charge is 2.27. The number of aromatic nitrogens is 2. The van der Waals surface area contributed by atoms with E-state index in [0.29, 0.717) is 11.6 Å². The molecule has 19 heavy (non-hydrogen) atoms. The summed E-state index contributed by atoms with van der Waals surface area (Å²) in [5, 5.41) is 8.43. The van der Waals surface area contributed by atoms with Crippen LogP contribution in [0.1, 0.15) is 51.8 Å². The zero-order valence-electron chi connectivity index (χ0n) is 12.4. The summed E-state index contributed by atoms with van der Waals surface area (Å²) < 4.78 is 7.88. The Morgan fingerprint density at radius 1 is 1.37 bits per heavy atom. The van der Waals surface area contributed by atoms with Crippen molar-refractivity contribution in [3.63, 3.8) is 0 Å². The van der Waals surface area contributed by atoms with Gasteiger partial charge in [0.1, 0.15) is 0 Å². The molecule has 0 aliphatic carbocycles. The summed E-state index contributed by atoms with van der Waals surface area (Å²) in [6.07, 6.45) is 4.99. The van der Waals surface area contributed by atoms with Gasteiger partial charge in [-0.15, -0.1) is 0 Å². The zero-order chi connectivity index (χ0) is 14.3. The number of nitrogens with zero attached hydrogens (tertiary/aromatic N) is 2. The Morgan fingerprint density at radius 2 is 2.11 bits per heavy atom. The van der Waals surface area contributed by atoms with E-state index in [4.69, 9.17) is 16.3 Å². The van der Waals surface area contributed by atoms with Crippen LogP contribution in [0.2, 0.25) is 5.02 Å². The Bertz CT molecular complexity index is 362. The highest BCUT2D eigenvalue weighted by molar-refractivity contribution is 6.31. The first-order valence-electron chi connectivity index (χ1n) is 7.19. The third-order valence-corrected chi connectivity index (χ3v) is 3.49. The number of ether oxygens (including phenoxy) is 1. The molecular formula is C14H26ClN3O. The van der Waals surface area contributed by atoms with E-state index in [1.165, 1.54) is 0 Å². The fraction of sp³-hybridized carbons (Fsp3) is 0.786. The molecule has 1 aromatic heterocycles. The van der Waals surface area contributed by atoms with E-state index < -0.39 is 0 Å². The molecule has 0 bridgehead atoms. The summed E-state index contributed by atoms with van der Waals surface area (Å²) in [6.45, 7) is 7.93. The molecule has 0 aliphatic heterocycles. The Hall–Kier alpha value is -0.580. The number of aryl methyl sites for hydroxylation is 1. The summed E-state index contributed by atoms with van der Waals surface area (Å²) in [4.78, 5) is 0. The number of rotatable bonds is 9. The second-order valence-electron chi connectivity index (χ2n) is 4.65. The molecule has 110 valence electrons. The molecule has 1 N–H and O–H groups in total. The molecule has 0 saturated carbocycles. The van der Waals surface area contributed by atoms with E-state index in [0.717, 1.165) is 31.5 Å². The van der Waals surface area contributed by atoms with Gasteiger partial charge < -0.3 is 10.1 Å². The summed E-state index contributed by atoms with van der Waals surface area (Å²) in [6, 6.07) is 0.0847. The van der Waals surface area contributed by atoms with Crippen molar-refractivity contribution < 1.29 is 4.74 Å². The maximum Gasteiger partial charge on any atom is 0.0835 e. The number of nitrogens with one attached hydrogen (secondary N) is 1. The van der Waals surface area contributed by atoms with Crippen molar-refractivity contribution in [1.82, 2.24) is 15.1 Å². The van der Waals surface area contributed by atoms with E-state index in [1.807, 2.05) is 18.7 Å². The van der Waals surface area contributed by atoms with Gasteiger partial charge in [-0.05, 0) is 26.8 Å². The molecule has 1 aromatic rings. The van der Waals surface area contributed by atoms with Gasteiger partial charge in [-0.3, -0.25) is 4.68 Å². The van der Waals surface area contributed by atoms with Gasteiger partial charge in [0.2, 0.25) is 0 Å². The van der Waals surface area contributed by atoms with E-state index in [-0.39, 0.29) is 12.1 Å². The molecular weight excluding hydrogens is 262 g/mol.